The molecule has 13 heteroatoms. The first kappa shape index (κ1) is 26.6. The van der Waals surface area contributed by atoms with Crippen molar-refractivity contribution in [3.05, 3.63) is 42.2 Å². The van der Waals surface area contributed by atoms with E-state index in [1.807, 2.05) is 25.1 Å². The van der Waals surface area contributed by atoms with Crippen LogP contribution in [-0.4, -0.2) is 91.8 Å². The van der Waals surface area contributed by atoms with Crippen molar-refractivity contribution in [1.82, 2.24) is 29.4 Å². The summed E-state index contributed by atoms with van der Waals surface area (Å²) in [5.41, 5.74) is 1.80. The van der Waals surface area contributed by atoms with Crippen molar-refractivity contribution in [2.45, 2.75) is 56.7 Å². The molecule has 2 saturated carbocycles. The van der Waals surface area contributed by atoms with Gasteiger partial charge in [0.2, 0.25) is 5.95 Å². The summed E-state index contributed by atoms with van der Waals surface area (Å²) in [5, 5.41) is 24.0. The van der Waals surface area contributed by atoms with Crippen molar-refractivity contribution < 1.29 is 19.1 Å². The number of nitrogens with one attached hydrogen (secondary N) is 3. The number of likely N-dealkylation sites (N-methyl/N-ethyl adjacent to an activating group) is 1. The largest absolute Gasteiger partial charge is 0.465 e. The average molecular weight is 540 g/mol. The topological polar surface area (TPSA) is 140 Å². The number of hydrogen-bond acceptors (Lipinski definition) is 8. The predicted molar refractivity (Wildman–Crippen MR) is 145 cm³/mol. The first-order valence-electron chi connectivity index (χ1n) is 13.3. The van der Waals surface area contributed by atoms with Crippen LogP contribution in [0, 0.1) is 5.95 Å². The Hall–Kier alpha value is -4.00. The number of carboxylic acid groups (broad SMARTS) is 1. The lowest BCUT2D eigenvalue weighted by molar-refractivity contribution is 0.101. The Morgan fingerprint density at radius 1 is 1.05 bits per heavy atom. The Bertz CT molecular complexity index is 1340. The van der Waals surface area contributed by atoms with Crippen molar-refractivity contribution >= 4 is 34.8 Å². The maximum atomic E-state index is 13.5. The average Bonchev–Trinajstić information content (AvgIpc) is 3.60. The van der Waals surface area contributed by atoms with E-state index in [0.717, 1.165) is 50.3 Å². The van der Waals surface area contributed by atoms with Crippen LogP contribution in [0.1, 0.15) is 49.0 Å². The molecular weight excluding hydrogens is 505 g/mol. The highest BCUT2D eigenvalue weighted by Gasteiger charge is 2.30. The van der Waals surface area contributed by atoms with Gasteiger partial charge in [-0.2, -0.15) is 4.39 Å². The van der Waals surface area contributed by atoms with E-state index < -0.39 is 17.9 Å². The molecule has 2 aliphatic rings. The van der Waals surface area contributed by atoms with Gasteiger partial charge in [-0.05, 0) is 58.7 Å². The number of halogens is 1. The molecule has 2 fully saturated rings. The fraction of sp³-hybridized carbons (Fsp3) is 0.500. The highest BCUT2D eigenvalue weighted by atomic mass is 19.1. The molecule has 0 saturated heterocycles. The molecule has 0 unspecified atom stereocenters. The lowest BCUT2D eigenvalue weighted by atomic mass is 9.90. The number of rotatable bonds is 10. The van der Waals surface area contributed by atoms with E-state index in [2.05, 4.69) is 31.0 Å². The molecule has 0 bridgehead atoms. The summed E-state index contributed by atoms with van der Waals surface area (Å²) in [6.45, 7) is 1.17. The lowest BCUT2D eigenvalue weighted by Crippen LogP contribution is -2.46. The second kappa shape index (κ2) is 11.4. The van der Waals surface area contributed by atoms with Crippen LogP contribution in [0.15, 0.2) is 30.6 Å². The maximum Gasteiger partial charge on any atom is 0.407 e. The molecule has 0 aromatic carbocycles. The zero-order valence-electron chi connectivity index (χ0n) is 22.1. The second-order valence-corrected chi connectivity index (χ2v) is 10.5. The number of carbonyl (C=O) groups excluding carboxylic acids is 1. The number of hydrogen-bond donors (Lipinski definition) is 4. The van der Waals surface area contributed by atoms with E-state index >= 15 is 0 Å². The number of anilines is 3. The van der Waals surface area contributed by atoms with E-state index in [-0.39, 0.29) is 23.5 Å². The normalized spacial score (nSPS) is 19.2. The number of pyridine rings is 1. The third kappa shape index (κ3) is 6.53. The predicted octanol–water partition coefficient (Wildman–Crippen LogP) is 3.35. The Balaban J connectivity index is 1.32. The van der Waals surface area contributed by atoms with Gasteiger partial charge in [0.15, 0.2) is 11.3 Å². The molecule has 39 heavy (non-hydrogen) atoms. The fourth-order valence-corrected chi connectivity index (χ4v) is 4.91. The molecule has 5 rings (SSSR count). The summed E-state index contributed by atoms with van der Waals surface area (Å²) in [6.07, 6.45) is 7.10. The van der Waals surface area contributed by atoms with E-state index in [0.29, 0.717) is 30.6 Å². The molecule has 3 heterocycles. The van der Waals surface area contributed by atoms with Gasteiger partial charge in [-0.25, -0.2) is 19.3 Å². The van der Waals surface area contributed by atoms with Crippen LogP contribution in [0.2, 0.25) is 0 Å². The van der Waals surface area contributed by atoms with Gasteiger partial charge in [0.1, 0.15) is 5.82 Å². The minimum absolute atomic E-state index is 0.00926. The third-order valence-electron chi connectivity index (χ3n) is 7.14. The standard InChI is InChI=1S/C26H34FN9O3/c1-34(2)11-12-35(26(38)39)19-7-5-17(6-8-19)31-23-14-20(30-16-3-4-16)24-29-15-21(36(24)33-23)25(37)32-18-9-10-28-22(27)13-18/h9-10,13-17,19,30H,3-8,11-12H2,1-2H3,(H,31,33)(H,38,39)(H,28,32,37)/t17-,19-. The van der Waals surface area contributed by atoms with Crippen LogP contribution >= 0.6 is 0 Å². The molecule has 0 aliphatic heterocycles. The van der Waals surface area contributed by atoms with Gasteiger partial charge in [0.05, 0.1) is 11.9 Å². The van der Waals surface area contributed by atoms with Crippen LogP contribution in [-0.2, 0) is 0 Å². The van der Waals surface area contributed by atoms with Gasteiger partial charge in [-0.1, -0.05) is 0 Å². The van der Waals surface area contributed by atoms with Crippen LogP contribution in [0.25, 0.3) is 5.65 Å². The van der Waals surface area contributed by atoms with Crippen molar-refractivity contribution in [3.63, 3.8) is 0 Å². The SMILES string of the molecule is CN(C)CCN(C(=O)O)[C@H]1CC[C@H](Nc2cc(NC3CC3)c3ncc(C(=O)Nc4ccnc(F)c4)n3n2)CC1. The minimum atomic E-state index is -0.878. The number of amides is 2. The zero-order chi connectivity index (χ0) is 27.5. The Morgan fingerprint density at radius 3 is 2.44 bits per heavy atom. The first-order valence-corrected chi connectivity index (χ1v) is 13.3. The summed E-state index contributed by atoms with van der Waals surface area (Å²) in [5.74, 6) is -0.564. The van der Waals surface area contributed by atoms with Gasteiger partial charge < -0.3 is 30.9 Å². The Morgan fingerprint density at radius 2 is 1.77 bits per heavy atom. The van der Waals surface area contributed by atoms with Crippen molar-refractivity contribution in [2.75, 3.05) is 43.1 Å². The summed E-state index contributed by atoms with van der Waals surface area (Å²) in [4.78, 5) is 36.4. The smallest absolute Gasteiger partial charge is 0.407 e. The molecule has 2 aliphatic carbocycles. The number of nitrogens with zero attached hydrogens (tertiary/aromatic N) is 6. The van der Waals surface area contributed by atoms with Gasteiger partial charge in [0.25, 0.3) is 5.91 Å². The van der Waals surface area contributed by atoms with E-state index in [4.69, 9.17) is 0 Å². The van der Waals surface area contributed by atoms with E-state index in [1.54, 1.807) is 4.90 Å². The molecule has 12 nitrogen and oxygen atoms in total. The fourth-order valence-electron chi connectivity index (χ4n) is 4.91. The lowest BCUT2D eigenvalue weighted by Gasteiger charge is -2.36. The number of imidazole rings is 1. The molecule has 0 radical (unpaired) electrons. The first-order chi connectivity index (χ1) is 18.8. The highest BCUT2D eigenvalue weighted by molar-refractivity contribution is 6.03. The van der Waals surface area contributed by atoms with Crippen molar-refractivity contribution in [1.29, 1.82) is 0 Å². The van der Waals surface area contributed by atoms with Gasteiger partial charge in [-0.3, -0.25) is 4.79 Å². The monoisotopic (exact) mass is 539 g/mol. The summed E-state index contributed by atoms with van der Waals surface area (Å²) in [6, 6.07) is 5.03. The van der Waals surface area contributed by atoms with Crippen LogP contribution < -0.4 is 16.0 Å². The van der Waals surface area contributed by atoms with Crippen molar-refractivity contribution in [2.24, 2.45) is 0 Å². The number of aromatic nitrogens is 4. The van der Waals surface area contributed by atoms with Gasteiger partial charge in [0, 0.05) is 55.2 Å². The third-order valence-corrected chi connectivity index (χ3v) is 7.14. The summed E-state index contributed by atoms with van der Waals surface area (Å²) >= 11 is 0. The number of carbonyl (C=O) groups is 2. The molecule has 3 aromatic heterocycles. The van der Waals surface area contributed by atoms with Crippen LogP contribution in [0.4, 0.5) is 26.4 Å². The van der Waals surface area contributed by atoms with E-state index in [9.17, 15) is 19.1 Å². The van der Waals surface area contributed by atoms with Crippen molar-refractivity contribution in [3.8, 4) is 0 Å². The summed E-state index contributed by atoms with van der Waals surface area (Å²) < 4.78 is 15.0. The summed E-state index contributed by atoms with van der Waals surface area (Å²) in [7, 11) is 3.87. The van der Waals surface area contributed by atoms with Gasteiger partial charge in [-0.15, -0.1) is 5.10 Å². The Labute approximate surface area is 225 Å². The molecule has 3 aromatic rings. The van der Waals surface area contributed by atoms with Crippen LogP contribution in [0.5, 0.6) is 0 Å². The molecule has 4 N–H and O–H groups in total. The maximum absolute atomic E-state index is 13.5. The molecule has 2 amide bonds. The molecule has 208 valence electrons. The highest BCUT2D eigenvalue weighted by Crippen LogP contribution is 2.30. The van der Waals surface area contributed by atoms with Gasteiger partial charge >= 0.3 is 6.09 Å². The van der Waals surface area contributed by atoms with E-state index in [1.165, 1.54) is 23.0 Å². The zero-order valence-corrected chi connectivity index (χ0v) is 22.1. The molecule has 0 spiro atoms. The quantitative estimate of drug-likeness (QED) is 0.286. The minimum Gasteiger partial charge on any atom is -0.465 e. The molecular formula is C26H34FN9O3. The molecule has 0 atom stereocenters. The second-order valence-electron chi connectivity index (χ2n) is 10.5. The van der Waals surface area contributed by atoms with Crippen LogP contribution in [0.3, 0.4) is 0 Å². The number of fused-ring (bicyclic) bond motifs is 1. The Kier molecular flexibility index (Phi) is 7.77.